The highest BCUT2D eigenvalue weighted by Gasteiger charge is 2.34. The Balaban J connectivity index is 1.69. The highest BCUT2D eigenvalue weighted by Crippen LogP contribution is 2.34. The van der Waals surface area contributed by atoms with Crippen LogP contribution in [0, 0.1) is 11.7 Å². The van der Waals surface area contributed by atoms with Crippen molar-refractivity contribution in [2.45, 2.75) is 44.2 Å². The molecule has 2 nitrogen and oxygen atoms in total. The molecule has 1 aliphatic carbocycles. The first kappa shape index (κ1) is 13.4. The Kier molecular flexibility index (Phi) is 4.08. The predicted octanol–water partition coefficient (Wildman–Crippen LogP) is 3.92. The van der Waals surface area contributed by atoms with E-state index in [9.17, 15) is 4.39 Å². The molecule has 2 fully saturated rings. The van der Waals surface area contributed by atoms with E-state index in [1.54, 1.807) is 0 Å². The third kappa shape index (κ3) is 2.95. The summed E-state index contributed by atoms with van der Waals surface area (Å²) in [5.41, 5.74) is 1.02. The van der Waals surface area contributed by atoms with Gasteiger partial charge in [0.1, 0.15) is 5.82 Å². The van der Waals surface area contributed by atoms with Crippen LogP contribution in [-0.2, 0) is 0 Å². The van der Waals surface area contributed by atoms with E-state index in [0.29, 0.717) is 22.5 Å². The van der Waals surface area contributed by atoms with E-state index in [0.717, 1.165) is 12.2 Å². The van der Waals surface area contributed by atoms with Gasteiger partial charge in [0.25, 0.3) is 0 Å². The minimum Gasteiger partial charge on any atom is -0.382 e. The quantitative estimate of drug-likeness (QED) is 0.879. The van der Waals surface area contributed by atoms with Crippen molar-refractivity contribution in [2.75, 3.05) is 11.9 Å². The molecule has 0 spiro atoms. The van der Waals surface area contributed by atoms with Crippen LogP contribution < -0.4 is 10.6 Å². The third-order valence-electron chi connectivity index (χ3n) is 4.46. The van der Waals surface area contributed by atoms with Crippen molar-refractivity contribution in [3.63, 3.8) is 0 Å². The SMILES string of the molecule is Fc1ccc(NC2CCCC2C2CCCN2)cc1Br. The van der Waals surface area contributed by atoms with Gasteiger partial charge >= 0.3 is 0 Å². The summed E-state index contributed by atoms with van der Waals surface area (Å²) < 4.78 is 13.8. The molecular weight excluding hydrogens is 307 g/mol. The van der Waals surface area contributed by atoms with Crippen molar-refractivity contribution < 1.29 is 4.39 Å². The molecule has 4 heteroatoms. The van der Waals surface area contributed by atoms with Gasteiger partial charge in [0, 0.05) is 17.8 Å². The predicted molar refractivity (Wildman–Crippen MR) is 79.9 cm³/mol. The first-order valence-corrected chi connectivity index (χ1v) is 7.98. The van der Waals surface area contributed by atoms with Gasteiger partial charge in [-0.25, -0.2) is 4.39 Å². The maximum absolute atomic E-state index is 13.2. The summed E-state index contributed by atoms with van der Waals surface area (Å²) in [5.74, 6) is 0.511. The topological polar surface area (TPSA) is 24.1 Å². The highest BCUT2D eigenvalue weighted by atomic mass is 79.9. The summed E-state index contributed by atoms with van der Waals surface area (Å²) in [6.07, 6.45) is 6.42. The summed E-state index contributed by atoms with van der Waals surface area (Å²) in [4.78, 5) is 0. The van der Waals surface area contributed by atoms with Gasteiger partial charge in [-0.3, -0.25) is 0 Å². The lowest BCUT2D eigenvalue weighted by atomic mass is 9.93. The number of nitrogens with one attached hydrogen (secondary N) is 2. The van der Waals surface area contributed by atoms with Crippen LogP contribution in [0.25, 0.3) is 0 Å². The lowest BCUT2D eigenvalue weighted by Gasteiger charge is -2.27. The maximum atomic E-state index is 13.2. The van der Waals surface area contributed by atoms with Gasteiger partial charge in [0.15, 0.2) is 0 Å². The second-order valence-electron chi connectivity index (χ2n) is 5.68. The number of benzene rings is 1. The van der Waals surface area contributed by atoms with Crippen molar-refractivity contribution in [1.82, 2.24) is 5.32 Å². The van der Waals surface area contributed by atoms with Crippen molar-refractivity contribution >= 4 is 21.6 Å². The van der Waals surface area contributed by atoms with Gasteiger partial charge in [-0.2, -0.15) is 0 Å². The first-order chi connectivity index (χ1) is 9.24. The number of rotatable bonds is 3. The normalized spacial score (nSPS) is 30.7. The molecule has 19 heavy (non-hydrogen) atoms. The molecule has 0 aromatic heterocycles. The lowest BCUT2D eigenvalue weighted by molar-refractivity contribution is 0.376. The van der Waals surface area contributed by atoms with Crippen molar-refractivity contribution in [3.8, 4) is 0 Å². The zero-order valence-electron chi connectivity index (χ0n) is 11.0. The van der Waals surface area contributed by atoms with E-state index in [4.69, 9.17) is 0 Å². The molecule has 1 heterocycles. The van der Waals surface area contributed by atoms with Gasteiger partial charge in [-0.15, -0.1) is 0 Å². The number of hydrogen-bond donors (Lipinski definition) is 2. The monoisotopic (exact) mass is 326 g/mol. The Morgan fingerprint density at radius 3 is 2.84 bits per heavy atom. The fourth-order valence-electron chi connectivity index (χ4n) is 3.53. The molecule has 3 rings (SSSR count). The van der Waals surface area contributed by atoms with E-state index in [2.05, 4.69) is 26.6 Å². The molecule has 1 saturated heterocycles. The molecule has 104 valence electrons. The number of anilines is 1. The molecule has 1 aromatic rings. The molecule has 1 saturated carbocycles. The molecule has 0 amide bonds. The lowest BCUT2D eigenvalue weighted by Crippen LogP contribution is -2.38. The Morgan fingerprint density at radius 1 is 1.21 bits per heavy atom. The van der Waals surface area contributed by atoms with E-state index >= 15 is 0 Å². The Morgan fingerprint density at radius 2 is 2.11 bits per heavy atom. The average Bonchev–Trinajstić information content (AvgIpc) is 3.04. The Labute approximate surface area is 122 Å². The van der Waals surface area contributed by atoms with Crippen LogP contribution in [0.3, 0.4) is 0 Å². The summed E-state index contributed by atoms with van der Waals surface area (Å²) in [6.45, 7) is 1.16. The van der Waals surface area contributed by atoms with Crippen molar-refractivity contribution in [3.05, 3.63) is 28.5 Å². The average molecular weight is 327 g/mol. The summed E-state index contributed by atoms with van der Waals surface area (Å²) in [5, 5.41) is 7.22. The zero-order valence-corrected chi connectivity index (χ0v) is 12.5. The van der Waals surface area contributed by atoms with E-state index < -0.39 is 0 Å². The van der Waals surface area contributed by atoms with Crippen LogP contribution in [0.1, 0.15) is 32.1 Å². The number of halogens is 2. The van der Waals surface area contributed by atoms with Crippen LogP contribution in [-0.4, -0.2) is 18.6 Å². The van der Waals surface area contributed by atoms with Crippen LogP contribution in [0.15, 0.2) is 22.7 Å². The second kappa shape index (κ2) is 5.80. The molecule has 0 bridgehead atoms. The van der Waals surface area contributed by atoms with Gasteiger partial charge in [-0.1, -0.05) is 6.42 Å². The van der Waals surface area contributed by atoms with Gasteiger partial charge < -0.3 is 10.6 Å². The summed E-state index contributed by atoms with van der Waals surface area (Å²) in [7, 11) is 0. The molecule has 1 aromatic carbocycles. The van der Waals surface area contributed by atoms with Crippen LogP contribution >= 0.6 is 15.9 Å². The summed E-state index contributed by atoms with van der Waals surface area (Å²) >= 11 is 3.25. The van der Waals surface area contributed by atoms with Gasteiger partial charge in [-0.05, 0) is 72.3 Å². The zero-order chi connectivity index (χ0) is 13.2. The van der Waals surface area contributed by atoms with E-state index in [1.807, 2.05) is 12.1 Å². The van der Waals surface area contributed by atoms with Gasteiger partial charge in [0.05, 0.1) is 4.47 Å². The smallest absolute Gasteiger partial charge is 0.137 e. The molecule has 2 N–H and O–H groups in total. The largest absolute Gasteiger partial charge is 0.382 e. The second-order valence-corrected chi connectivity index (χ2v) is 6.53. The molecule has 2 aliphatic rings. The van der Waals surface area contributed by atoms with Crippen LogP contribution in [0.2, 0.25) is 0 Å². The van der Waals surface area contributed by atoms with Crippen LogP contribution in [0.5, 0.6) is 0 Å². The maximum Gasteiger partial charge on any atom is 0.137 e. The van der Waals surface area contributed by atoms with Gasteiger partial charge in [0.2, 0.25) is 0 Å². The number of hydrogen-bond acceptors (Lipinski definition) is 2. The van der Waals surface area contributed by atoms with Crippen molar-refractivity contribution in [1.29, 1.82) is 0 Å². The molecule has 3 unspecified atom stereocenters. The molecule has 1 aliphatic heterocycles. The summed E-state index contributed by atoms with van der Waals surface area (Å²) in [6, 6.07) is 6.38. The Hall–Kier alpha value is -0.610. The van der Waals surface area contributed by atoms with E-state index in [-0.39, 0.29) is 5.82 Å². The first-order valence-electron chi connectivity index (χ1n) is 7.19. The Bertz CT molecular complexity index is 446. The third-order valence-corrected chi connectivity index (χ3v) is 5.06. The minimum atomic E-state index is -0.203. The highest BCUT2D eigenvalue weighted by molar-refractivity contribution is 9.10. The van der Waals surface area contributed by atoms with Crippen LogP contribution in [0.4, 0.5) is 10.1 Å². The minimum absolute atomic E-state index is 0.203. The molecular formula is C15H20BrFN2. The standard InChI is InChI=1S/C15H20BrFN2/c16-12-9-10(6-7-13(12)17)19-15-4-1-3-11(15)14-5-2-8-18-14/h6-7,9,11,14-15,18-19H,1-5,8H2. The van der Waals surface area contributed by atoms with Crippen molar-refractivity contribution in [2.24, 2.45) is 5.92 Å². The molecule has 0 radical (unpaired) electrons. The van der Waals surface area contributed by atoms with E-state index in [1.165, 1.54) is 38.2 Å². The molecule has 3 atom stereocenters. The fourth-order valence-corrected chi connectivity index (χ4v) is 3.91. The fraction of sp³-hybridized carbons (Fsp3) is 0.600.